The molecule has 0 aromatic heterocycles. The molecule has 2 aromatic carbocycles. The fourth-order valence-electron chi connectivity index (χ4n) is 3.26. The maximum Gasteiger partial charge on any atom is 0.194 e. The van der Waals surface area contributed by atoms with E-state index in [1.165, 1.54) is 0 Å². The van der Waals surface area contributed by atoms with Crippen LogP contribution in [0.25, 0.3) is 5.70 Å². The van der Waals surface area contributed by atoms with Crippen molar-refractivity contribution >= 4 is 28.8 Å². The van der Waals surface area contributed by atoms with Gasteiger partial charge in [-0.1, -0.05) is 36.4 Å². The van der Waals surface area contributed by atoms with Crippen LogP contribution in [-0.4, -0.2) is 29.2 Å². The van der Waals surface area contributed by atoms with Gasteiger partial charge in [0.2, 0.25) is 0 Å². The lowest BCUT2D eigenvalue weighted by Gasteiger charge is -2.28. The molecule has 3 N–H and O–H groups in total. The molecule has 6 heteroatoms. The van der Waals surface area contributed by atoms with Crippen LogP contribution in [0.3, 0.4) is 0 Å². The highest BCUT2D eigenvalue weighted by atomic mass is 32.1. The third kappa shape index (κ3) is 2.69. The number of carbonyl (C=O) groups is 1. The van der Waals surface area contributed by atoms with Gasteiger partial charge in [0.1, 0.15) is 12.4 Å². The van der Waals surface area contributed by atoms with Crippen LogP contribution in [-0.2, 0) is 0 Å². The Morgan fingerprint density at radius 1 is 1.12 bits per heavy atom. The number of carbonyl (C=O) groups excluding carboxylic acids is 1. The molecule has 1 aliphatic carbocycles. The van der Waals surface area contributed by atoms with Crippen molar-refractivity contribution in [1.82, 2.24) is 10.6 Å². The van der Waals surface area contributed by atoms with Crippen molar-refractivity contribution < 1.29 is 14.6 Å². The van der Waals surface area contributed by atoms with Gasteiger partial charge < -0.3 is 20.5 Å². The molecule has 0 bridgehead atoms. The number of ketones is 1. The number of nitrogens with one attached hydrogen (secondary N) is 2. The van der Waals surface area contributed by atoms with E-state index in [0.29, 0.717) is 22.0 Å². The van der Waals surface area contributed by atoms with Crippen LogP contribution < -0.4 is 15.4 Å². The lowest BCUT2D eigenvalue weighted by molar-refractivity contribution is 0.103. The molecule has 1 unspecified atom stereocenters. The smallest absolute Gasteiger partial charge is 0.194 e. The Hall–Kier alpha value is -2.70. The number of hydrogen-bond donors (Lipinski definition) is 3. The molecule has 1 atom stereocenters. The van der Waals surface area contributed by atoms with Crippen molar-refractivity contribution in [2.24, 2.45) is 0 Å². The molecular weight excluding hydrogens is 336 g/mol. The summed E-state index contributed by atoms with van der Waals surface area (Å²) in [6.45, 7) is 0.169. The van der Waals surface area contributed by atoms with Gasteiger partial charge in [-0.25, -0.2) is 0 Å². The predicted octanol–water partition coefficient (Wildman–Crippen LogP) is 2.18. The van der Waals surface area contributed by atoms with Gasteiger partial charge in [-0.05, 0) is 29.9 Å². The van der Waals surface area contributed by atoms with Gasteiger partial charge in [0.15, 0.2) is 10.9 Å². The maximum absolute atomic E-state index is 12.9. The van der Waals surface area contributed by atoms with Crippen LogP contribution in [0.5, 0.6) is 5.75 Å². The van der Waals surface area contributed by atoms with Gasteiger partial charge in [0, 0.05) is 11.1 Å². The van der Waals surface area contributed by atoms with E-state index < -0.39 is 0 Å². The Balaban J connectivity index is 1.77. The Bertz CT molecular complexity index is 907. The third-order valence-electron chi connectivity index (χ3n) is 4.31. The third-order valence-corrected chi connectivity index (χ3v) is 4.53. The van der Waals surface area contributed by atoms with Crippen LogP contribution in [0.2, 0.25) is 0 Å². The van der Waals surface area contributed by atoms with E-state index in [1.54, 1.807) is 0 Å². The number of rotatable bonds is 4. The molecular formula is C19H16N2O3S. The Labute approximate surface area is 150 Å². The monoisotopic (exact) mass is 352 g/mol. The number of Topliss-reactive ketones (excluding diaryl/α,β-unsaturated/α-hetero) is 1. The van der Waals surface area contributed by atoms with Gasteiger partial charge in [-0.3, -0.25) is 4.79 Å². The number of benzene rings is 2. The van der Waals surface area contributed by atoms with Crippen LogP contribution in [0.15, 0.2) is 54.1 Å². The van der Waals surface area contributed by atoms with Crippen molar-refractivity contribution in [3.8, 4) is 5.75 Å². The summed E-state index contributed by atoms with van der Waals surface area (Å²) < 4.78 is 5.49. The average Bonchev–Trinajstić information content (AvgIpc) is 2.92. The second-order valence-electron chi connectivity index (χ2n) is 5.84. The molecule has 0 spiro atoms. The van der Waals surface area contributed by atoms with Crippen molar-refractivity contribution in [1.29, 1.82) is 0 Å². The molecule has 0 amide bonds. The SMILES string of the molecule is O=C1C2=C(NC(=S)NC2c2cccc(OCCO)c2)c2ccccc21. The molecule has 0 radical (unpaired) electrons. The van der Waals surface area contributed by atoms with E-state index in [0.717, 1.165) is 16.8 Å². The van der Waals surface area contributed by atoms with Crippen molar-refractivity contribution in [2.75, 3.05) is 13.2 Å². The van der Waals surface area contributed by atoms with E-state index in [1.807, 2.05) is 48.5 Å². The molecule has 1 heterocycles. The standard InChI is InChI=1S/C19H16N2O3S/c22-8-9-24-12-5-3-4-11(10-12)16-15-17(21-19(25)20-16)13-6-1-2-7-14(13)18(15)23/h1-7,10,16,22H,8-9H2,(H2,20,21,25). The topological polar surface area (TPSA) is 70.6 Å². The predicted molar refractivity (Wildman–Crippen MR) is 98.3 cm³/mol. The Morgan fingerprint density at radius 2 is 1.92 bits per heavy atom. The number of thiocarbonyl (C=S) groups is 1. The quantitative estimate of drug-likeness (QED) is 0.733. The van der Waals surface area contributed by atoms with E-state index in [4.69, 9.17) is 22.1 Å². The van der Waals surface area contributed by atoms with Gasteiger partial charge in [-0.2, -0.15) is 0 Å². The van der Waals surface area contributed by atoms with Gasteiger partial charge >= 0.3 is 0 Å². The largest absolute Gasteiger partial charge is 0.491 e. The first-order valence-electron chi connectivity index (χ1n) is 7.98. The summed E-state index contributed by atoms with van der Waals surface area (Å²) in [6, 6.07) is 14.7. The second-order valence-corrected chi connectivity index (χ2v) is 6.25. The van der Waals surface area contributed by atoms with Crippen LogP contribution in [0.1, 0.15) is 27.5 Å². The molecule has 0 saturated carbocycles. The van der Waals surface area contributed by atoms with Crippen molar-refractivity contribution in [3.05, 3.63) is 70.8 Å². The van der Waals surface area contributed by atoms with Crippen molar-refractivity contribution in [2.45, 2.75) is 6.04 Å². The molecule has 2 aromatic rings. The molecule has 0 saturated heterocycles. The summed E-state index contributed by atoms with van der Waals surface area (Å²) in [6.07, 6.45) is 0. The fourth-order valence-corrected chi connectivity index (χ4v) is 3.48. The fraction of sp³-hybridized carbons (Fsp3) is 0.158. The molecule has 126 valence electrons. The number of aliphatic hydroxyl groups is 1. The first kappa shape index (κ1) is 15.8. The first-order valence-corrected chi connectivity index (χ1v) is 8.39. The maximum atomic E-state index is 12.9. The van der Waals surface area contributed by atoms with Gasteiger partial charge in [0.05, 0.1) is 23.9 Å². The second kappa shape index (κ2) is 6.31. The van der Waals surface area contributed by atoms with Crippen LogP contribution in [0.4, 0.5) is 0 Å². The minimum Gasteiger partial charge on any atom is -0.491 e. The molecule has 1 aliphatic heterocycles. The van der Waals surface area contributed by atoms with Crippen LogP contribution >= 0.6 is 12.2 Å². The lowest BCUT2D eigenvalue weighted by atomic mass is 9.94. The van der Waals surface area contributed by atoms with Gasteiger partial charge in [-0.15, -0.1) is 0 Å². The molecule has 25 heavy (non-hydrogen) atoms. The van der Waals surface area contributed by atoms with E-state index >= 15 is 0 Å². The Kier molecular flexibility index (Phi) is 3.99. The lowest BCUT2D eigenvalue weighted by Crippen LogP contribution is -2.43. The molecule has 5 nitrogen and oxygen atoms in total. The highest BCUT2D eigenvalue weighted by Crippen LogP contribution is 2.40. The van der Waals surface area contributed by atoms with Crippen LogP contribution in [0, 0.1) is 0 Å². The summed E-state index contributed by atoms with van der Waals surface area (Å²) in [5.41, 5.74) is 3.88. The van der Waals surface area contributed by atoms with E-state index in [2.05, 4.69) is 10.6 Å². The zero-order valence-electron chi connectivity index (χ0n) is 13.3. The summed E-state index contributed by atoms with van der Waals surface area (Å²) in [5, 5.41) is 15.7. The molecule has 4 rings (SSSR count). The van der Waals surface area contributed by atoms with E-state index in [-0.39, 0.29) is 25.0 Å². The average molecular weight is 352 g/mol. The summed E-state index contributed by atoms with van der Waals surface area (Å²) in [4.78, 5) is 12.9. The van der Waals surface area contributed by atoms with E-state index in [9.17, 15) is 4.79 Å². The number of hydrogen-bond acceptors (Lipinski definition) is 4. The zero-order valence-corrected chi connectivity index (χ0v) is 14.1. The number of ether oxygens (including phenoxy) is 1. The zero-order chi connectivity index (χ0) is 17.4. The summed E-state index contributed by atoms with van der Waals surface area (Å²) >= 11 is 5.35. The normalized spacial score (nSPS) is 18.4. The number of aliphatic hydroxyl groups excluding tert-OH is 1. The minimum atomic E-state index is -0.346. The highest BCUT2D eigenvalue weighted by molar-refractivity contribution is 7.80. The minimum absolute atomic E-state index is 0.000204. The molecule has 2 aliphatic rings. The first-order chi connectivity index (χ1) is 12.2. The highest BCUT2D eigenvalue weighted by Gasteiger charge is 2.38. The van der Waals surface area contributed by atoms with Gasteiger partial charge in [0.25, 0.3) is 0 Å². The summed E-state index contributed by atoms with van der Waals surface area (Å²) in [7, 11) is 0. The Morgan fingerprint density at radius 3 is 2.72 bits per heavy atom. The summed E-state index contributed by atoms with van der Waals surface area (Å²) in [5.74, 6) is 0.641. The number of fused-ring (bicyclic) bond motifs is 2. The van der Waals surface area contributed by atoms with Crippen molar-refractivity contribution in [3.63, 3.8) is 0 Å². The molecule has 0 fully saturated rings.